The predicted molar refractivity (Wildman–Crippen MR) is 65.1 cm³/mol. The number of hydrogen-bond donors (Lipinski definition) is 1. The quantitative estimate of drug-likeness (QED) is 0.774. The number of rotatable bonds is 5. The van der Waals surface area contributed by atoms with Crippen molar-refractivity contribution in [3.05, 3.63) is 34.6 Å². The molecule has 0 bridgehead atoms. The monoisotopic (exact) mass is 241 g/mol. The summed E-state index contributed by atoms with van der Waals surface area (Å²) in [6.07, 6.45) is 5.35. The van der Waals surface area contributed by atoms with Gasteiger partial charge in [0.2, 0.25) is 0 Å². The molecule has 1 aromatic rings. The zero-order valence-electron chi connectivity index (χ0n) is 9.31. The molecule has 2 rings (SSSR count). The number of hydrogen-bond acceptors (Lipinski definition) is 1. The molecule has 0 heterocycles. The summed E-state index contributed by atoms with van der Waals surface area (Å²) in [6, 6.07) is 4.84. The highest BCUT2D eigenvalue weighted by Crippen LogP contribution is 2.28. The molecular formula is C13H17ClFN. The molecule has 1 aromatic carbocycles. The van der Waals surface area contributed by atoms with Crippen LogP contribution in [0.4, 0.5) is 4.39 Å². The van der Waals surface area contributed by atoms with Crippen molar-refractivity contribution in [1.82, 2.24) is 5.32 Å². The number of benzene rings is 1. The first-order valence-electron chi connectivity index (χ1n) is 5.90. The van der Waals surface area contributed by atoms with Gasteiger partial charge in [0.05, 0.1) is 0 Å². The number of nitrogens with one attached hydrogen (secondary N) is 1. The average Bonchev–Trinajstić information content (AvgIpc) is 2.18. The Morgan fingerprint density at radius 2 is 2.19 bits per heavy atom. The van der Waals surface area contributed by atoms with Crippen LogP contribution in [0, 0.1) is 11.7 Å². The van der Waals surface area contributed by atoms with Gasteiger partial charge in [0.1, 0.15) is 5.82 Å². The van der Waals surface area contributed by atoms with Crippen LogP contribution < -0.4 is 5.32 Å². The Kier molecular flexibility index (Phi) is 4.19. The molecule has 1 saturated carbocycles. The van der Waals surface area contributed by atoms with Crippen LogP contribution in [0.3, 0.4) is 0 Å². The second-order valence-electron chi connectivity index (χ2n) is 4.50. The lowest BCUT2D eigenvalue weighted by atomic mass is 9.83. The maximum atomic E-state index is 13.4. The van der Waals surface area contributed by atoms with Crippen molar-refractivity contribution in [3.63, 3.8) is 0 Å². The minimum atomic E-state index is -0.219. The van der Waals surface area contributed by atoms with Crippen LogP contribution in [-0.2, 0) is 6.54 Å². The molecule has 1 aliphatic rings. The molecule has 0 radical (unpaired) electrons. The molecule has 0 unspecified atom stereocenters. The Morgan fingerprint density at radius 1 is 1.38 bits per heavy atom. The summed E-state index contributed by atoms with van der Waals surface area (Å²) in [5, 5.41) is 3.73. The Balaban J connectivity index is 1.71. The van der Waals surface area contributed by atoms with Crippen molar-refractivity contribution in [2.45, 2.75) is 32.2 Å². The van der Waals surface area contributed by atoms with Crippen molar-refractivity contribution in [2.75, 3.05) is 6.54 Å². The molecule has 0 aromatic heterocycles. The summed E-state index contributed by atoms with van der Waals surface area (Å²) in [5.41, 5.74) is 0.693. The SMILES string of the molecule is Fc1cc(Cl)ccc1CNCCC1CCC1. The van der Waals surface area contributed by atoms with Gasteiger partial charge < -0.3 is 5.32 Å². The molecule has 1 fully saturated rings. The highest BCUT2D eigenvalue weighted by atomic mass is 35.5. The third-order valence-electron chi connectivity index (χ3n) is 3.28. The fourth-order valence-corrected chi connectivity index (χ4v) is 2.13. The van der Waals surface area contributed by atoms with E-state index in [0.717, 1.165) is 12.5 Å². The van der Waals surface area contributed by atoms with Crippen molar-refractivity contribution in [2.24, 2.45) is 5.92 Å². The fraction of sp³-hybridized carbons (Fsp3) is 0.538. The molecule has 88 valence electrons. The van der Waals surface area contributed by atoms with Gasteiger partial charge in [-0.1, -0.05) is 36.9 Å². The van der Waals surface area contributed by atoms with Crippen molar-refractivity contribution in [3.8, 4) is 0 Å². The molecule has 0 atom stereocenters. The van der Waals surface area contributed by atoms with Crippen molar-refractivity contribution >= 4 is 11.6 Å². The van der Waals surface area contributed by atoms with Gasteiger partial charge in [-0.15, -0.1) is 0 Å². The summed E-state index contributed by atoms with van der Waals surface area (Å²) >= 11 is 5.69. The van der Waals surface area contributed by atoms with Gasteiger partial charge in [0, 0.05) is 17.1 Å². The van der Waals surface area contributed by atoms with E-state index in [2.05, 4.69) is 5.32 Å². The summed E-state index contributed by atoms with van der Waals surface area (Å²) in [7, 11) is 0. The van der Waals surface area contributed by atoms with Crippen molar-refractivity contribution in [1.29, 1.82) is 0 Å². The van der Waals surface area contributed by atoms with Crippen LogP contribution in [0.15, 0.2) is 18.2 Å². The normalized spacial score (nSPS) is 16.1. The minimum Gasteiger partial charge on any atom is -0.313 e. The smallest absolute Gasteiger partial charge is 0.129 e. The zero-order valence-corrected chi connectivity index (χ0v) is 10.1. The van der Waals surface area contributed by atoms with Crippen molar-refractivity contribution < 1.29 is 4.39 Å². The minimum absolute atomic E-state index is 0.219. The largest absolute Gasteiger partial charge is 0.313 e. The highest BCUT2D eigenvalue weighted by Gasteiger charge is 2.16. The van der Waals surface area contributed by atoms with E-state index in [1.807, 2.05) is 0 Å². The third-order valence-corrected chi connectivity index (χ3v) is 3.52. The maximum absolute atomic E-state index is 13.4. The lowest BCUT2D eigenvalue weighted by molar-refractivity contribution is 0.292. The van der Waals surface area contributed by atoms with E-state index in [-0.39, 0.29) is 5.82 Å². The van der Waals surface area contributed by atoms with Gasteiger partial charge in [0.15, 0.2) is 0 Å². The summed E-state index contributed by atoms with van der Waals surface area (Å²) in [5.74, 6) is 0.686. The molecule has 0 spiro atoms. The number of halogens is 2. The fourth-order valence-electron chi connectivity index (χ4n) is 1.98. The molecular weight excluding hydrogens is 225 g/mol. The average molecular weight is 242 g/mol. The summed E-state index contributed by atoms with van der Waals surface area (Å²) in [6.45, 7) is 1.57. The lowest BCUT2D eigenvalue weighted by Gasteiger charge is -2.25. The molecule has 1 N–H and O–H groups in total. The summed E-state index contributed by atoms with van der Waals surface area (Å²) in [4.78, 5) is 0. The Labute approximate surface area is 101 Å². The third kappa shape index (κ3) is 3.19. The van der Waals surface area contributed by atoms with E-state index in [1.165, 1.54) is 31.7 Å². The Bertz CT molecular complexity index is 350. The predicted octanol–water partition coefficient (Wildman–Crippen LogP) is 3.76. The van der Waals surface area contributed by atoms with E-state index >= 15 is 0 Å². The van der Waals surface area contributed by atoms with Gasteiger partial charge in [0.25, 0.3) is 0 Å². The van der Waals surface area contributed by atoms with Crippen LogP contribution >= 0.6 is 11.6 Å². The van der Waals surface area contributed by atoms with E-state index in [1.54, 1.807) is 12.1 Å². The van der Waals surface area contributed by atoms with Gasteiger partial charge in [-0.2, -0.15) is 0 Å². The topological polar surface area (TPSA) is 12.0 Å². The van der Waals surface area contributed by atoms with Gasteiger partial charge in [-0.25, -0.2) is 4.39 Å². The first kappa shape index (κ1) is 11.9. The van der Waals surface area contributed by atoms with Crippen LogP contribution in [-0.4, -0.2) is 6.54 Å². The molecule has 3 heteroatoms. The Morgan fingerprint density at radius 3 is 2.81 bits per heavy atom. The van der Waals surface area contributed by atoms with Gasteiger partial charge >= 0.3 is 0 Å². The molecule has 0 saturated heterocycles. The molecule has 1 nitrogen and oxygen atoms in total. The van der Waals surface area contributed by atoms with Gasteiger partial charge in [-0.3, -0.25) is 0 Å². The lowest BCUT2D eigenvalue weighted by Crippen LogP contribution is -2.21. The van der Waals surface area contributed by atoms with Crippen LogP contribution in [0.1, 0.15) is 31.2 Å². The maximum Gasteiger partial charge on any atom is 0.129 e. The summed E-state index contributed by atoms with van der Waals surface area (Å²) < 4.78 is 13.4. The van der Waals surface area contributed by atoms with Crippen LogP contribution in [0.5, 0.6) is 0 Å². The first-order chi connectivity index (χ1) is 7.75. The van der Waals surface area contributed by atoms with Gasteiger partial charge in [-0.05, 0) is 31.0 Å². The second kappa shape index (κ2) is 5.65. The van der Waals surface area contributed by atoms with Crippen LogP contribution in [0.2, 0.25) is 5.02 Å². The second-order valence-corrected chi connectivity index (χ2v) is 4.93. The highest BCUT2D eigenvalue weighted by molar-refractivity contribution is 6.30. The Hall–Kier alpha value is -0.600. The van der Waals surface area contributed by atoms with E-state index < -0.39 is 0 Å². The first-order valence-corrected chi connectivity index (χ1v) is 6.28. The van der Waals surface area contributed by atoms with E-state index in [0.29, 0.717) is 17.1 Å². The van der Waals surface area contributed by atoms with E-state index in [9.17, 15) is 4.39 Å². The molecule has 0 aliphatic heterocycles. The van der Waals surface area contributed by atoms with E-state index in [4.69, 9.17) is 11.6 Å². The van der Waals surface area contributed by atoms with Crippen LogP contribution in [0.25, 0.3) is 0 Å². The standard InChI is InChI=1S/C13H17ClFN/c14-12-5-4-11(13(15)8-12)9-16-7-6-10-2-1-3-10/h4-5,8,10,16H,1-3,6-7,9H2. The zero-order chi connectivity index (χ0) is 11.4. The molecule has 1 aliphatic carbocycles. The molecule has 0 amide bonds. The molecule has 16 heavy (non-hydrogen) atoms.